The Kier molecular flexibility index (Phi) is 4.75. The molecule has 0 radical (unpaired) electrons. The predicted molar refractivity (Wildman–Crippen MR) is 84.8 cm³/mol. The fourth-order valence-electron chi connectivity index (χ4n) is 1.47. The SMILES string of the molecule is Cc1cc(S(=O)(=O)NC(C)c2ccc(Cl)s2)sc1Br. The maximum atomic E-state index is 12.2. The number of hydrogen-bond acceptors (Lipinski definition) is 4. The Hall–Kier alpha value is 0.0800. The third-order valence-electron chi connectivity index (χ3n) is 2.45. The highest BCUT2D eigenvalue weighted by Gasteiger charge is 2.22. The van der Waals surface area contributed by atoms with Crippen molar-refractivity contribution in [3.63, 3.8) is 0 Å². The van der Waals surface area contributed by atoms with Gasteiger partial charge in [-0.05, 0) is 53.5 Å². The average Bonchev–Trinajstić information content (AvgIpc) is 2.86. The number of sulfonamides is 1. The van der Waals surface area contributed by atoms with Crippen molar-refractivity contribution in [2.75, 3.05) is 0 Å². The van der Waals surface area contributed by atoms with Gasteiger partial charge >= 0.3 is 0 Å². The second-order valence-corrected chi connectivity index (χ2v) is 10.1. The van der Waals surface area contributed by atoms with E-state index in [1.54, 1.807) is 19.1 Å². The van der Waals surface area contributed by atoms with Crippen LogP contribution in [0.15, 0.2) is 26.2 Å². The molecule has 0 fully saturated rings. The van der Waals surface area contributed by atoms with Crippen LogP contribution in [0.4, 0.5) is 0 Å². The first-order valence-corrected chi connectivity index (χ1v) is 9.62. The molecule has 0 saturated heterocycles. The van der Waals surface area contributed by atoms with Gasteiger partial charge in [0.25, 0.3) is 10.0 Å². The standard InChI is InChI=1S/C11H11BrClNO2S3/c1-6-5-10(18-11(6)12)19(15,16)14-7(2)8-3-4-9(13)17-8/h3-5,7,14H,1-2H3. The fourth-order valence-corrected chi connectivity index (χ4v) is 6.08. The van der Waals surface area contributed by atoms with Crippen LogP contribution in [0.3, 0.4) is 0 Å². The first kappa shape index (κ1) is 15.5. The summed E-state index contributed by atoms with van der Waals surface area (Å²) >= 11 is 11.8. The van der Waals surface area contributed by atoms with Crippen molar-refractivity contribution in [1.29, 1.82) is 0 Å². The summed E-state index contributed by atoms with van der Waals surface area (Å²) in [5, 5.41) is 0. The molecule has 2 heterocycles. The number of rotatable bonds is 4. The van der Waals surface area contributed by atoms with Crippen molar-refractivity contribution in [3.8, 4) is 0 Å². The van der Waals surface area contributed by atoms with Crippen LogP contribution in [0, 0.1) is 6.92 Å². The van der Waals surface area contributed by atoms with E-state index in [9.17, 15) is 8.42 Å². The van der Waals surface area contributed by atoms with Gasteiger partial charge in [-0.2, -0.15) is 0 Å². The number of nitrogens with one attached hydrogen (secondary N) is 1. The summed E-state index contributed by atoms with van der Waals surface area (Å²) < 4.78 is 28.9. The fraction of sp³-hybridized carbons (Fsp3) is 0.273. The van der Waals surface area contributed by atoms with Crippen molar-refractivity contribution in [1.82, 2.24) is 4.72 Å². The summed E-state index contributed by atoms with van der Waals surface area (Å²) in [4.78, 5) is 0.890. The minimum absolute atomic E-state index is 0.302. The normalized spacial score (nSPS) is 13.7. The van der Waals surface area contributed by atoms with E-state index in [1.165, 1.54) is 22.7 Å². The number of thiophene rings is 2. The Balaban J connectivity index is 2.22. The lowest BCUT2D eigenvalue weighted by Crippen LogP contribution is -2.25. The number of hydrogen-bond donors (Lipinski definition) is 1. The van der Waals surface area contributed by atoms with E-state index in [1.807, 2.05) is 13.0 Å². The Bertz CT molecular complexity index is 673. The van der Waals surface area contributed by atoms with Gasteiger partial charge in [0.2, 0.25) is 0 Å². The molecule has 0 aromatic carbocycles. The Morgan fingerprint density at radius 2 is 2.05 bits per heavy atom. The lowest BCUT2D eigenvalue weighted by molar-refractivity contribution is 0.570. The first-order valence-electron chi connectivity index (χ1n) is 5.33. The zero-order chi connectivity index (χ0) is 14.2. The molecule has 0 aliphatic carbocycles. The molecule has 0 aliphatic heterocycles. The highest BCUT2D eigenvalue weighted by atomic mass is 79.9. The molecule has 1 atom stereocenters. The topological polar surface area (TPSA) is 46.2 Å². The molecule has 3 nitrogen and oxygen atoms in total. The Labute approximate surface area is 133 Å². The van der Waals surface area contributed by atoms with Gasteiger partial charge in [0, 0.05) is 4.88 Å². The molecular weight excluding hydrogens is 390 g/mol. The third-order valence-corrected chi connectivity index (χ3v) is 8.02. The van der Waals surface area contributed by atoms with Gasteiger partial charge in [-0.15, -0.1) is 22.7 Å². The number of aryl methyl sites for hydroxylation is 1. The summed E-state index contributed by atoms with van der Waals surface area (Å²) in [6.45, 7) is 3.66. The van der Waals surface area contributed by atoms with E-state index in [-0.39, 0.29) is 6.04 Å². The predicted octanol–water partition coefficient (Wildman–Crippen LogP) is 4.57. The molecule has 1 N–H and O–H groups in total. The maximum Gasteiger partial charge on any atom is 0.250 e. The summed E-state index contributed by atoms with van der Waals surface area (Å²) in [5.41, 5.74) is 0.914. The molecule has 104 valence electrons. The van der Waals surface area contributed by atoms with Crippen LogP contribution in [-0.4, -0.2) is 8.42 Å². The van der Waals surface area contributed by atoms with E-state index in [0.717, 1.165) is 14.2 Å². The molecular formula is C11H11BrClNO2S3. The molecule has 19 heavy (non-hydrogen) atoms. The first-order chi connectivity index (χ1) is 8.79. The average molecular weight is 401 g/mol. The van der Waals surface area contributed by atoms with Crippen LogP contribution < -0.4 is 4.72 Å². The smallest absolute Gasteiger partial charge is 0.206 e. The van der Waals surface area contributed by atoms with Crippen molar-refractivity contribution < 1.29 is 8.42 Å². The van der Waals surface area contributed by atoms with Crippen molar-refractivity contribution >= 4 is 60.2 Å². The molecule has 0 aliphatic rings. The monoisotopic (exact) mass is 399 g/mol. The highest BCUT2D eigenvalue weighted by molar-refractivity contribution is 9.11. The van der Waals surface area contributed by atoms with E-state index >= 15 is 0 Å². The second-order valence-electron chi connectivity index (χ2n) is 4.01. The van der Waals surface area contributed by atoms with Crippen LogP contribution in [0.2, 0.25) is 4.34 Å². The van der Waals surface area contributed by atoms with E-state index < -0.39 is 10.0 Å². The third kappa shape index (κ3) is 3.59. The van der Waals surface area contributed by atoms with Gasteiger partial charge < -0.3 is 0 Å². The zero-order valence-electron chi connectivity index (χ0n) is 10.1. The molecule has 0 spiro atoms. The van der Waals surface area contributed by atoms with Gasteiger partial charge in [-0.3, -0.25) is 0 Å². The molecule has 0 amide bonds. The van der Waals surface area contributed by atoms with E-state index in [4.69, 9.17) is 11.6 Å². The molecule has 1 unspecified atom stereocenters. The minimum atomic E-state index is -3.50. The van der Waals surface area contributed by atoms with Gasteiger partial charge in [0.15, 0.2) is 0 Å². The van der Waals surface area contributed by atoms with E-state index in [0.29, 0.717) is 8.55 Å². The maximum absolute atomic E-state index is 12.2. The van der Waals surface area contributed by atoms with E-state index in [2.05, 4.69) is 20.7 Å². The van der Waals surface area contributed by atoms with Crippen LogP contribution in [-0.2, 0) is 10.0 Å². The zero-order valence-corrected chi connectivity index (χ0v) is 14.9. The lowest BCUT2D eigenvalue weighted by Gasteiger charge is -2.11. The summed E-state index contributed by atoms with van der Waals surface area (Å²) in [7, 11) is -3.50. The largest absolute Gasteiger partial charge is 0.250 e. The lowest BCUT2D eigenvalue weighted by atomic mass is 10.3. The summed E-state index contributed by atoms with van der Waals surface area (Å²) in [6, 6.07) is 4.95. The summed E-state index contributed by atoms with van der Waals surface area (Å²) in [6.07, 6.45) is 0. The van der Waals surface area contributed by atoms with Gasteiger partial charge in [0.1, 0.15) is 4.21 Å². The van der Waals surface area contributed by atoms with Crippen LogP contribution >= 0.6 is 50.2 Å². The molecule has 0 saturated carbocycles. The van der Waals surface area contributed by atoms with Gasteiger partial charge in [-0.25, -0.2) is 13.1 Å². The molecule has 2 aromatic heterocycles. The van der Waals surface area contributed by atoms with Crippen molar-refractivity contribution in [2.45, 2.75) is 24.1 Å². The molecule has 8 heteroatoms. The molecule has 2 rings (SSSR count). The molecule has 2 aromatic rings. The highest BCUT2D eigenvalue weighted by Crippen LogP contribution is 2.32. The number of halogens is 2. The van der Waals surface area contributed by atoms with Gasteiger partial charge in [-0.1, -0.05) is 11.6 Å². The quantitative estimate of drug-likeness (QED) is 0.817. The second kappa shape index (κ2) is 5.83. The Morgan fingerprint density at radius 1 is 1.37 bits per heavy atom. The Morgan fingerprint density at radius 3 is 2.53 bits per heavy atom. The molecule has 0 bridgehead atoms. The van der Waals surface area contributed by atoms with Crippen molar-refractivity contribution in [3.05, 3.63) is 36.8 Å². The summed E-state index contributed by atoms with van der Waals surface area (Å²) in [5.74, 6) is 0. The van der Waals surface area contributed by atoms with Crippen LogP contribution in [0.5, 0.6) is 0 Å². The minimum Gasteiger partial charge on any atom is -0.206 e. The van der Waals surface area contributed by atoms with Crippen LogP contribution in [0.25, 0.3) is 0 Å². The van der Waals surface area contributed by atoms with Gasteiger partial charge in [0.05, 0.1) is 14.2 Å². The van der Waals surface area contributed by atoms with Crippen LogP contribution in [0.1, 0.15) is 23.4 Å². The van der Waals surface area contributed by atoms with Crippen molar-refractivity contribution in [2.24, 2.45) is 0 Å².